The van der Waals surface area contributed by atoms with Crippen LogP contribution in [0, 0.1) is 0 Å². The number of fused-ring (bicyclic) bond motifs is 1. The van der Waals surface area contributed by atoms with Gasteiger partial charge < -0.3 is 10.5 Å². The van der Waals surface area contributed by atoms with Gasteiger partial charge in [0.15, 0.2) is 0 Å². The predicted molar refractivity (Wildman–Crippen MR) is 60.3 cm³/mol. The molecule has 0 bridgehead atoms. The van der Waals surface area contributed by atoms with Crippen LogP contribution < -0.4 is 10.5 Å². The van der Waals surface area contributed by atoms with E-state index in [1.165, 1.54) is 11.1 Å². The lowest BCUT2D eigenvalue weighted by Crippen LogP contribution is -2.09. The van der Waals surface area contributed by atoms with E-state index in [0.29, 0.717) is 6.54 Å². The Morgan fingerprint density at radius 3 is 3.00 bits per heavy atom. The van der Waals surface area contributed by atoms with Gasteiger partial charge in [-0.2, -0.15) is 0 Å². The summed E-state index contributed by atoms with van der Waals surface area (Å²) in [7, 11) is 0. The van der Waals surface area contributed by atoms with Crippen LogP contribution in [0.25, 0.3) is 0 Å². The first-order valence-electron chi connectivity index (χ1n) is 4.85. The Labute approximate surface area is 90.9 Å². The van der Waals surface area contributed by atoms with E-state index in [-0.39, 0.29) is 12.4 Å². The first-order chi connectivity index (χ1) is 6.40. The van der Waals surface area contributed by atoms with Gasteiger partial charge in [0.25, 0.3) is 0 Å². The molecule has 0 aliphatic carbocycles. The molecule has 1 heterocycles. The predicted octanol–water partition coefficient (Wildman–Crippen LogP) is 1.93. The zero-order valence-electron chi connectivity index (χ0n) is 8.16. The number of ether oxygens (including phenoxy) is 1. The Bertz CT molecular complexity index is 301. The molecule has 0 saturated heterocycles. The van der Waals surface area contributed by atoms with E-state index in [4.69, 9.17) is 10.5 Å². The summed E-state index contributed by atoms with van der Waals surface area (Å²) in [5, 5.41) is 0. The van der Waals surface area contributed by atoms with E-state index in [1.807, 2.05) is 0 Å². The second kappa shape index (κ2) is 5.23. The fourth-order valence-electron chi connectivity index (χ4n) is 1.71. The SMILES string of the molecule is Cl.NCCc1ccc2c(c1)OCCC2. The lowest BCUT2D eigenvalue weighted by molar-refractivity contribution is 0.288. The minimum atomic E-state index is 0. The Kier molecular flexibility index (Phi) is 4.23. The van der Waals surface area contributed by atoms with Crippen molar-refractivity contribution in [2.45, 2.75) is 19.3 Å². The molecule has 1 aliphatic heterocycles. The van der Waals surface area contributed by atoms with E-state index in [1.54, 1.807) is 0 Å². The number of nitrogens with two attached hydrogens (primary N) is 1. The highest BCUT2D eigenvalue weighted by Gasteiger charge is 2.09. The molecule has 2 N–H and O–H groups in total. The Balaban J connectivity index is 0.000000980. The van der Waals surface area contributed by atoms with Gasteiger partial charge in [0.2, 0.25) is 0 Å². The zero-order chi connectivity index (χ0) is 9.10. The highest BCUT2D eigenvalue weighted by atomic mass is 35.5. The number of halogens is 1. The highest BCUT2D eigenvalue weighted by Crippen LogP contribution is 2.25. The molecule has 0 amide bonds. The van der Waals surface area contributed by atoms with Crippen LogP contribution in [0.15, 0.2) is 18.2 Å². The number of aryl methyl sites for hydroxylation is 1. The molecule has 0 radical (unpaired) electrons. The van der Waals surface area contributed by atoms with Gasteiger partial charge in [-0.25, -0.2) is 0 Å². The van der Waals surface area contributed by atoms with Crippen LogP contribution in [-0.4, -0.2) is 13.2 Å². The fraction of sp³-hybridized carbons (Fsp3) is 0.455. The molecule has 0 atom stereocenters. The average Bonchev–Trinajstić information content (AvgIpc) is 2.18. The molecule has 1 aliphatic rings. The number of hydrogen-bond acceptors (Lipinski definition) is 2. The lowest BCUT2D eigenvalue weighted by Gasteiger charge is -2.17. The van der Waals surface area contributed by atoms with Crippen LogP contribution >= 0.6 is 12.4 Å². The summed E-state index contributed by atoms with van der Waals surface area (Å²) in [6, 6.07) is 6.45. The minimum absolute atomic E-state index is 0. The van der Waals surface area contributed by atoms with Crippen LogP contribution in [0.1, 0.15) is 17.5 Å². The van der Waals surface area contributed by atoms with Crippen molar-refractivity contribution in [3.05, 3.63) is 29.3 Å². The number of hydrogen-bond donors (Lipinski definition) is 1. The molecular formula is C11H16ClNO. The topological polar surface area (TPSA) is 35.2 Å². The maximum Gasteiger partial charge on any atom is 0.122 e. The summed E-state index contributed by atoms with van der Waals surface area (Å²) in [4.78, 5) is 0. The standard InChI is InChI=1S/C11H15NO.ClH/c12-6-5-9-3-4-10-2-1-7-13-11(10)8-9;/h3-4,8H,1-2,5-7,12H2;1H. The summed E-state index contributed by atoms with van der Waals surface area (Å²) in [5.41, 5.74) is 8.12. The molecule has 1 aromatic carbocycles. The van der Waals surface area contributed by atoms with Crippen LogP contribution in [-0.2, 0) is 12.8 Å². The first-order valence-corrected chi connectivity index (χ1v) is 4.85. The second-order valence-electron chi connectivity index (χ2n) is 3.43. The summed E-state index contributed by atoms with van der Waals surface area (Å²) >= 11 is 0. The van der Waals surface area contributed by atoms with Gasteiger partial charge in [-0.3, -0.25) is 0 Å². The van der Waals surface area contributed by atoms with Gasteiger partial charge in [0.05, 0.1) is 6.61 Å². The van der Waals surface area contributed by atoms with Crippen molar-refractivity contribution in [3.63, 3.8) is 0 Å². The van der Waals surface area contributed by atoms with E-state index in [2.05, 4.69) is 18.2 Å². The third-order valence-electron chi connectivity index (χ3n) is 2.41. The molecule has 2 nitrogen and oxygen atoms in total. The van der Waals surface area contributed by atoms with Crippen molar-refractivity contribution >= 4 is 12.4 Å². The third kappa shape index (κ3) is 2.40. The molecule has 14 heavy (non-hydrogen) atoms. The third-order valence-corrected chi connectivity index (χ3v) is 2.41. The Morgan fingerprint density at radius 1 is 1.36 bits per heavy atom. The molecule has 3 heteroatoms. The molecule has 0 spiro atoms. The van der Waals surface area contributed by atoms with E-state index < -0.39 is 0 Å². The number of rotatable bonds is 2. The Hall–Kier alpha value is -0.730. The largest absolute Gasteiger partial charge is 0.493 e. The van der Waals surface area contributed by atoms with E-state index >= 15 is 0 Å². The smallest absolute Gasteiger partial charge is 0.122 e. The average molecular weight is 214 g/mol. The molecule has 0 aromatic heterocycles. The molecule has 1 aromatic rings. The van der Waals surface area contributed by atoms with Crippen LogP contribution in [0.4, 0.5) is 0 Å². The maximum atomic E-state index is 5.57. The maximum absolute atomic E-state index is 5.57. The molecule has 0 saturated carbocycles. The van der Waals surface area contributed by atoms with Crippen molar-refractivity contribution in [2.75, 3.05) is 13.2 Å². The van der Waals surface area contributed by atoms with Crippen LogP contribution in [0.3, 0.4) is 0 Å². The normalized spacial score (nSPS) is 13.8. The van der Waals surface area contributed by atoms with Gasteiger partial charge in [-0.05, 0) is 43.0 Å². The van der Waals surface area contributed by atoms with Crippen molar-refractivity contribution in [2.24, 2.45) is 5.73 Å². The Morgan fingerprint density at radius 2 is 2.21 bits per heavy atom. The van der Waals surface area contributed by atoms with Crippen molar-refractivity contribution in [1.82, 2.24) is 0 Å². The van der Waals surface area contributed by atoms with Crippen LogP contribution in [0.5, 0.6) is 5.75 Å². The van der Waals surface area contributed by atoms with Gasteiger partial charge in [0.1, 0.15) is 5.75 Å². The second-order valence-corrected chi connectivity index (χ2v) is 3.43. The van der Waals surface area contributed by atoms with Gasteiger partial charge in [-0.15, -0.1) is 12.4 Å². The monoisotopic (exact) mass is 213 g/mol. The zero-order valence-corrected chi connectivity index (χ0v) is 8.98. The first kappa shape index (κ1) is 11.3. The van der Waals surface area contributed by atoms with E-state index in [9.17, 15) is 0 Å². The molecule has 0 unspecified atom stereocenters. The van der Waals surface area contributed by atoms with Crippen LogP contribution in [0.2, 0.25) is 0 Å². The number of benzene rings is 1. The molecule has 2 rings (SSSR count). The fourth-order valence-corrected chi connectivity index (χ4v) is 1.71. The molecular weight excluding hydrogens is 198 g/mol. The molecule has 0 fully saturated rings. The quantitative estimate of drug-likeness (QED) is 0.815. The van der Waals surface area contributed by atoms with Gasteiger partial charge in [-0.1, -0.05) is 12.1 Å². The van der Waals surface area contributed by atoms with Crippen molar-refractivity contribution in [3.8, 4) is 5.75 Å². The molecule has 78 valence electrons. The lowest BCUT2D eigenvalue weighted by atomic mass is 10.0. The minimum Gasteiger partial charge on any atom is -0.493 e. The van der Waals surface area contributed by atoms with Crippen molar-refractivity contribution in [1.29, 1.82) is 0 Å². The summed E-state index contributed by atoms with van der Waals surface area (Å²) in [5.74, 6) is 1.07. The van der Waals surface area contributed by atoms with E-state index in [0.717, 1.165) is 31.6 Å². The van der Waals surface area contributed by atoms with Gasteiger partial charge in [0, 0.05) is 0 Å². The van der Waals surface area contributed by atoms with Crippen molar-refractivity contribution < 1.29 is 4.74 Å². The highest BCUT2D eigenvalue weighted by molar-refractivity contribution is 5.85. The van der Waals surface area contributed by atoms with Gasteiger partial charge >= 0.3 is 0 Å². The summed E-state index contributed by atoms with van der Waals surface area (Å²) < 4.78 is 5.57. The summed E-state index contributed by atoms with van der Waals surface area (Å²) in [6.45, 7) is 1.57. The summed E-state index contributed by atoms with van der Waals surface area (Å²) in [6.07, 6.45) is 3.23.